The molecule has 2 atom stereocenters. The summed E-state index contributed by atoms with van der Waals surface area (Å²) in [6.45, 7) is 0.0825. The minimum Gasteiger partial charge on any atom is -0.391 e. The zero-order valence-corrected chi connectivity index (χ0v) is 13.1. The predicted molar refractivity (Wildman–Crippen MR) is 80.9 cm³/mol. The van der Waals surface area contributed by atoms with E-state index in [1.54, 1.807) is 0 Å². The normalized spacial score (nSPS) is 24.3. The van der Waals surface area contributed by atoms with Crippen molar-refractivity contribution in [1.29, 1.82) is 0 Å². The van der Waals surface area contributed by atoms with Crippen LogP contribution in [0.4, 0.5) is 8.78 Å². The lowest BCUT2D eigenvalue weighted by molar-refractivity contribution is -0.130. The van der Waals surface area contributed by atoms with Crippen molar-refractivity contribution in [3.63, 3.8) is 0 Å². The van der Waals surface area contributed by atoms with Crippen LogP contribution in [-0.4, -0.2) is 52.2 Å². The lowest BCUT2D eigenvalue weighted by Crippen LogP contribution is -2.40. The van der Waals surface area contributed by atoms with Gasteiger partial charge in [-0.25, -0.2) is 13.8 Å². The fourth-order valence-corrected chi connectivity index (χ4v) is 3.06. The van der Waals surface area contributed by atoms with Gasteiger partial charge in [0.25, 0.3) is 5.91 Å². The third kappa shape index (κ3) is 3.01. The number of halogens is 2. The molecule has 128 valence electrons. The van der Waals surface area contributed by atoms with Crippen LogP contribution in [0.5, 0.6) is 0 Å². The Bertz CT molecular complexity index is 723. The van der Waals surface area contributed by atoms with E-state index < -0.39 is 29.7 Å². The molecule has 2 aliphatic heterocycles. The number of β-amino-alcohol motifs (C(OH)–C–C–N with tert-alkyl or cyclic N) is 1. The van der Waals surface area contributed by atoms with Gasteiger partial charge in [0.1, 0.15) is 5.71 Å². The number of hydrogen-bond donors (Lipinski definition) is 1. The van der Waals surface area contributed by atoms with Crippen LogP contribution in [0.25, 0.3) is 0 Å². The summed E-state index contributed by atoms with van der Waals surface area (Å²) in [4.78, 5) is 25.6. The van der Waals surface area contributed by atoms with E-state index in [1.807, 2.05) is 0 Å². The van der Waals surface area contributed by atoms with E-state index in [0.717, 1.165) is 17.1 Å². The molecular weight excluding hydrogens is 320 g/mol. The van der Waals surface area contributed by atoms with Crippen LogP contribution in [0.2, 0.25) is 0 Å². The Balaban J connectivity index is 1.87. The van der Waals surface area contributed by atoms with Crippen LogP contribution in [-0.2, 0) is 9.59 Å². The fourth-order valence-electron chi connectivity index (χ4n) is 3.06. The Morgan fingerprint density at radius 3 is 2.71 bits per heavy atom. The molecule has 0 bridgehead atoms. The SMILES string of the molecule is CN1N=C(C(=O)N2C[C@H](O)C[C@H]2c2ccc(F)c(F)c2)CCC1=O. The summed E-state index contributed by atoms with van der Waals surface area (Å²) in [7, 11) is 1.47. The van der Waals surface area contributed by atoms with Crippen molar-refractivity contribution < 1.29 is 23.5 Å². The topological polar surface area (TPSA) is 73.2 Å². The molecule has 8 heteroatoms. The summed E-state index contributed by atoms with van der Waals surface area (Å²) >= 11 is 0. The minimum atomic E-state index is -0.998. The Morgan fingerprint density at radius 1 is 1.29 bits per heavy atom. The van der Waals surface area contributed by atoms with Crippen molar-refractivity contribution in [3.05, 3.63) is 35.4 Å². The van der Waals surface area contributed by atoms with Crippen molar-refractivity contribution >= 4 is 17.5 Å². The summed E-state index contributed by atoms with van der Waals surface area (Å²) in [5.41, 5.74) is 0.637. The Labute approximate surface area is 137 Å². The molecule has 0 radical (unpaired) electrons. The van der Waals surface area contributed by atoms with Crippen molar-refractivity contribution in [2.75, 3.05) is 13.6 Å². The van der Waals surface area contributed by atoms with E-state index in [9.17, 15) is 23.5 Å². The standard InChI is InChI=1S/C16H17F2N3O3/c1-20-15(23)5-4-13(19-20)16(24)21-8-10(22)7-14(21)9-2-3-11(17)12(18)6-9/h2-3,6,10,14,22H,4-5,7-8H2,1H3/t10-,14+/m1/s1. The number of hydrogen-bond acceptors (Lipinski definition) is 4. The summed E-state index contributed by atoms with van der Waals surface area (Å²) in [6.07, 6.45) is -0.110. The summed E-state index contributed by atoms with van der Waals surface area (Å²) in [5.74, 6) is -2.54. The van der Waals surface area contributed by atoms with Crippen LogP contribution in [0.3, 0.4) is 0 Å². The summed E-state index contributed by atoms with van der Waals surface area (Å²) < 4.78 is 26.6. The summed E-state index contributed by atoms with van der Waals surface area (Å²) in [5, 5.41) is 15.0. The van der Waals surface area contributed by atoms with Gasteiger partial charge in [-0.3, -0.25) is 9.59 Å². The zero-order chi connectivity index (χ0) is 17.4. The number of likely N-dealkylation sites (tertiary alicyclic amines) is 1. The predicted octanol–water partition coefficient (Wildman–Crippen LogP) is 1.21. The molecule has 2 heterocycles. The molecular formula is C16H17F2N3O3. The Morgan fingerprint density at radius 2 is 2.04 bits per heavy atom. The number of rotatable bonds is 2. The highest BCUT2D eigenvalue weighted by Gasteiger charge is 2.38. The molecule has 0 unspecified atom stereocenters. The second-order valence-electron chi connectivity index (χ2n) is 6.00. The van der Waals surface area contributed by atoms with E-state index in [1.165, 1.54) is 18.0 Å². The second kappa shape index (κ2) is 6.27. The second-order valence-corrected chi connectivity index (χ2v) is 6.00. The van der Waals surface area contributed by atoms with Gasteiger partial charge in [0.2, 0.25) is 5.91 Å². The van der Waals surface area contributed by atoms with Crippen molar-refractivity contribution in [1.82, 2.24) is 9.91 Å². The van der Waals surface area contributed by atoms with Gasteiger partial charge >= 0.3 is 0 Å². The van der Waals surface area contributed by atoms with Gasteiger partial charge in [-0.05, 0) is 24.1 Å². The van der Waals surface area contributed by atoms with E-state index in [4.69, 9.17) is 0 Å². The van der Waals surface area contributed by atoms with Gasteiger partial charge in [-0.15, -0.1) is 0 Å². The number of amides is 2. The molecule has 0 aliphatic carbocycles. The Kier molecular flexibility index (Phi) is 4.31. The number of carbonyl (C=O) groups excluding carboxylic acids is 2. The molecule has 0 aromatic heterocycles. The van der Waals surface area contributed by atoms with Crippen LogP contribution in [0.15, 0.2) is 23.3 Å². The third-order valence-corrected chi connectivity index (χ3v) is 4.32. The first-order chi connectivity index (χ1) is 11.4. The average Bonchev–Trinajstić information content (AvgIpc) is 2.94. The maximum Gasteiger partial charge on any atom is 0.270 e. The van der Waals surface area contributed by atoms with Crippen molar-refractivity contribution in [3.8, 4) is 0 Å². The molecule has 1 aromatic carbocycles. The first kappa shape index (κ1) is 16.5. The number of aliphatic hydroxyl groups is 1. The number of nitrogens with zero attached hydrogens (tertiary/aromatic N) is 3. The molecule has 1 aromatic rings. The van der Waals surface area contributed by atoms with Crippen LogP contribution < -0.4 is 0 Å². The molecule has 2 aliphatic rings. The lowest BCUT2D eigenvalue weighted by atomic mass is 10.0. The van der Waals surface area contributed by atoms with Gasteiger partial charge < -0.3 is 10.0 Å². The largest absolute Gasteiger partial charge is 0.391 e. The third-order valence-electron chi connectivity index (χ3n) is 4.32. The van der Waals surface area contributed by atoms with E-state index in [2.05, 4.69) is 5.10 Å². The molecule has 3 rings (SSSR count). The summed E-state index contributed by atoms with van der Waals surface area (Å²) in [6, 6.07) is 2.88. The van der Waals surface area contributed by atoms with Crippen LogP contribution in [0.1, 0.15) is 30.9 Å². The minimum absolute atomic E-state index is 0.0825. The van der Waals surface area contributed by atoms with Crippen molar-refractivity contribution in [2.24, 2.45) is 5.10 Å². The first-order valence-corrected chi connectivity index (χ1v) is 7.65. The molecule has 0 spiro atoms. The number of aliphatic hydroxyl groups excluding tert-OH is 1. The number of hydrazone groups is 1. The lowest BCUT2D eigenvalue weighted by Gasteiger charge is -2.27. The first-order valence-electron chi connectivity index (χ1n) is 7.65. The van der Waals surface area contributed by atoms with Gasteiger partial charge in [0.15, 0.2) is 11.6 Å². The smallest absolute Gasteiger partial charge is 0.270 e. The van der Waals surface area contributed by atoms with E-state index >= 15 is 0 Å². The van der Waals surface area contributed by atoms with E-state index in [0.29, 0.717) is 5.56 Å². The van der Waals surface area contributed by atoms with Gasteiger partial charge in [-0.1, -0.05) is 6.07 Å². The van der Waals surface area contributed by atoms with Gasteiger partial charge in [-0.2, -0.15) is 5.10 Å². The highest BCUT2D eigenvalue weighted by Crippen LogP contribution is 2.33. The van der Waals surface area contributed by atoms with E-state index in [-0.39, 0.29) is 37.4 Å². The van der Waals surface area contributed by atoms with Crippen molar-refractivity contribution in [2.45, 2.75) is 31.4 Å². The zero-order valence-electron chi connectivity index (χ0n) is 13.1. The van der Waals surface area contributed by atoms with Gasteiger partial charge in [0.05, 0.1) is 12.1 Å². The molecule has 1 fully saturated rings. The van der Waals surface area contributed by atoms with Gasteiger partial charge in [0, 0.05) is 26.4 Å². The molecule has 2 amide bonds. The highest BCUT2D eigenvalue weighted by molar-refractivity contribution is 6.39. The molecule has 6 nitrogen and oxygen atoms in total. The molecule has 1 N–H and O–H groups in total. The molecule has 1 saturated heterocycles. The molecule has 24 heavy (non-hydrogen) atoms. The molecule has 0 saturated carbocycles. The highest BCUT2D eigenvalue weighted by atomic mass is 19.2. The quantitative estimate of drug-likeness (QED) is 0.881. The van der Waals surface area contributed by atoms with Crippen LogP contribution >= 0.6 is 0 Å². The average molecular weight is 337 g/mol. The number of carbonyl (C=O) groups is 2. The monoisotopic (exact) mass is 337 g/mol. The number of benzene rings is 1. The maximum absolute atomic E-state index is 13.5. The fraction of sp³-hybridized carbons (Fsp3) is 0.438. The Hall–Kier alpha value is -2.35. The van der Waals surface area contributed by atoms with Crippen LogP contribution in [0, 0.1) is 11.6 Å². The maximum atomic E-state index is 13.5.